The topological polar surface area (TPSA) is 12.0 Å². The molecule has 1 aromatic heterocycles. The number of rotatable bonds is 5. The smallest absolute Gasteiger partial charge is 0.107 e. The van der Waals surface area contributed by atoms with Crippen molar-refractivity contribution in [1.29, 1.82) is 0 Å². The van der Waals surface area contributed by atoms with Crippen LogP contribution in [0.3, 0.4) is 0 Å². The highest BCUT2D eigenvalue weighted by Crippen LogP contribution is 2.36. The van der Waals surface area contributed by atoms with Crippen molar-refractivity contribution in [2.45, 2.75) is 26.3 Å². The van der Waals surface area contributed by atoms with Crippen LogP contribution >= 0.6 is 38.9 Å². The van der Waals surface area contributed by atoms with Crippen LogP contribution in [0.4, 0.5) is 0 Å². The molecule has 1 unspecified atom stereocenters. The Bertz CT molecular complexity index is 516. The van der Waals surface area contributed by atoms with Crippen LogP contribution in [0.5, 0.6) is 0 Å². The summed E-state index contributed by atoms with van der Waals surface area (Å²) in [6.45, 7) is 5.19. The Morgan fingerprint density at radius 1 is 1.32 bits per heavy atom. The lowest BCUT2D eigenvalue weighted by molar-refractivity contribution is 0.558. The summed E-state index contributed by atoms with van der Waals surface area (Å²) < 4.78 is 1.81. The number of aryl methyl sites for hydroxylation is 1. The Morgan fingerprint density at radius 3 is 2.53 bits per heavy atom. The molecule has 2 rings (SSSR count). The van der Waals surface area contributed by atoms with Gasteiger partial charge < -0.3 is 5.32 Å². The molecule has 2 aromatic rings. The summed E-state index contributed by atoms with van der Waals surface area (Å²) in [5.74, 6) is 0. The monoisotopic (exact) mass is 357 g/mol. The number of benzene rings is 1. The average Bonchev–Trinajstić information content (AvgIpc) is 2.72. The van der Waals surface area contributed by atoms with Gasteiger partial charge in [-0.25, -0.2) is 0 Å². The highest BCUT2D eigenvalue weighted by Gasteiger charge is 2.15. The van der Waals surface area contributed by atoms with Crippen molar-refractivity contribution in [3.63, 3.8) is 0 Å². The van der Waals surface area contributed by atoms with Crippen molar-refractivity contribution < 1.29 is 0 Å². The lowest BCUT2D eigenvalue weighted by Crippen LogP contribution is -2.22. The molecule has 0 saturated carbocycles. The van der Waals surface area contributed by atoms with Gasteiger partial charge in [-0.15, -0.1) is 11.3 Å². The molecule has 0 bridgehead atoms. The van der Waals surface area contributed by atoms with Crippen LogP contribution in [-0.2, 0) is 6.42 Å². The second-order valence-corrected chi connectivity index (χ2v) is 7.11. The summed E-state index contributed by atoms with van der Waals surface area (Å²) in [4.78, 5) is 1.28. The molecule has 1 heterocycles. The molecule has 0 aliphatic rings. The van der Waals surface area contributed by atoms with Crippen molar-refractivity contribution in [3.8, 4) is 0 Å². The largest absolute Gasteiger partial charge is 0.309 e. The van der Waals surface area contributed by atoms with E-state index < -0.39 is 0 Å². The van der Waals surface area contributed by atoms with E-state index in [1.54, 1.807) is 11.3 Å². The fraction of sp³-hybridized carbons (Fsp3) is 0.333. The summed E-state index contributed by atoms with van der Waals surface area (Å²) in [6, 6.07) is 11.2. The molecule has 0 amide bonds. The Kier molecular flexibility index (Phi) is 5.46. The van der Waals surface area contributed by atoms with Gasteiger partial charge in [0.15, 0.2) is 0 Å². The summed E-state index contributed by atoms with van der Waals surface area (Å²) >= 11 is 11.3. The first-order valence-corrected chi connectivity index (χ1v) is 8.32. The van der Waals surface area contributed by atoms with Crippen molar-refractivity contribution in [2.75, 3.05) is 6.54 Å². The maximum absolute atomic E-state index is 6.14. The highest BCUT2D eigenvalue weighted by atomic mass is 79.9. The molecule has 19 heavy (non-hydrogen) atoms. The second kappa shape index (κ2) is 6.89. The van der Waals surface area contributed by atoms with Gasteiger partial charge in [-0.05, 0) is 47.4 Å². The van der Waals surface area contributed by atoms with Crippen LogP contribution in [0.25, 0.3) is 0 Å². The van der Waals surface area contributed by atoms with E-state index in [1.165, 1.54) is 16.0 Å². The van der Waals surface area contributed by atoms with E-state index in [2.05, 4.69) is 65.4 Å². The van der Waals surface area contributed by atoms with Crippen LogP contribution in [0.2, 0.25) is 4.34 Å². The summed E-state index contributed by atoms with van der Waals surface area (Å²) in [7, 11) is 0. The fourth-order valence-corrected chi connectivity index (χ4v) is 3.83. The molecule has 1 nitrogen and oxygen atoms in total. The zero-order chi connectivity index (χ0) is 13.8. The van der Waals surface area contributed by atoms with E-state index in [1.807, 2.05) is 0 Å². The van der Waals surface area contributed by atoms with Gasteiger partial charge in [-0.2, -0.15) is 0 Å². The van der Waals surface area contributed by atoms with Gasteiger partial charge in [0.1, 0.15) is 4.34 Å². The summed E-state index contributed by atoms with van der Waals surface area (Å²) in [6.07, 6.45) is 0.984. The molecule has 0 spiro atoms. The lowest BCUT2D eigenvalue weighted by Gasteiger charge is -2.16. The lowest BCUT2D eigenvalue weighted by atomic mass is 10.0. The van der Waals surface area contributed by atoms with Crippen LogP contribution in [0.15, 0.2) is 34.8 Å². The van der Waals surface area contributed by atoms with Crippen LogP contribution in [-0.4, -0.2) is 6.54 Å². The molecule has 0 aliphatic heterocycles. The maximum Gasteiger partial charge on any atom is 0.107 e. The SMILES string of the molecule is CCNC(Cc1ccc(C)cc1)c1cc(Br)c(Cl)s1. The van der Waals surface area contributed by atoms with Crippen LogP contribution in [0.1, 0.15) is 29.0 Å². The Morgan fingerprint density at radius 2 is 2.00 bits per heavy atom. The highest BCUT2D eigenvalue weighted by molar-refractivity contribution is 9.10. The predicted octanol–water partition coefficient (Wildman–Crippen LogP) is 5.37. The van der Waals surface area contributed by atoms with Gasteiger partial charge >= 0.3 is 0 Å². The quantitative estimate of drug-likeness (QED) is 0.758. The summed E-state index contributed by atoms with van der Waals surface area (Å²) in [5, 5.41) is 3.53. The van der Waals surface area contributed by atoms with E-state index in [0.29, 0.717) is 6.04 Å². The van der Waals surface area contributed by atoms with Gasteiger partial charge in [0, 0.05) is 15.4 Å². The van der Waals surface area contributed by atoms with Gasteiger partial charge in [0.05, 0.1) is 0 Å². The molecule has 4 heteroatoms. The molecule has 1 atom stereocenters. The molecule has 0 aliphatic carbocycles. The summed E-state index contributed by atoms with van der Waals surface area (Å²) in [5.41, 5.74) is 2.64. The normalized spacial score (nSPS) is 12.6. The van der Waals surface area contributed by atoms with Gasteiger partial charge in [-0.3, -0.25) is 0 Å². The first-order valence-electron chi connectivity index (χ1n) is 6.33. The molecular weight excluding hydrogens is 342 g/mol. The number of hydrogen-bond acceptors (Lipinski definition) is 2. The number of hydrogen-bond donors (Lipinski definition) is 1. The standard InChI is InChI=1S/C15H17BrClNS/c1-3-18-13(14-9-12(16)15(17)19-14)8-11-6-4-10(2)5-7-11/h4-7,9,13,18H,3,8H2,1-2H3. The van der Waals surface area contributed by atoms with Crippen molar-refractivity contribution in [3.05, 3.63) is 55.1 Å². The van der Waals surface area contributed by atoms with Gasteiger partial charge in [-0.1, -0.05) is 48.4 Å². The van der Waals surface area contributed by atoms with Crippen molar-refractivity contribution in [2.24, 2.45) is 0 Å². The first kappa shape index (κ1) is 15.0. The molecule has 0 saturated heterocycles. The minimum Gasteiger partial charge on any atom is -0.309 e. The van der Waals surface area contributed by atoms with Gasteiger partial charge in [0.2, 0.25) is 0 Å². The van der Waals surface area contributed by atoms with E-state index in [4.69, 9.17) is 11.6 Å². The Balaban J connectivity index is 2.18. The van der Waals surface area contributed by atoms with Gasteiger partial charge in [0.25, 0.3) is 0 Å². The minimum absolute atomic E-state index is 0.321. The minimum atomic E-state index is 0.321. The molecule has 0 fully saturated rings. The van der Waals surface area contributed by atoms with E-state index in [0.717, 1.165) is 21.8 Å². The second-order valence-electron chi connectivity index (χ2n) is 4.57. The van der Waals surface area contributed by atoms with Crippen LogP contribution in [0, 0.1) is 6.92 Å². The third-order valence-electron chi connectivity index (χ3n) is 3.02. The zero-order valence-electron chi connectivity index (χ0n) is 11.0. The predicted molar refractivity (Wildman–Crippen MR) is 88.3 cm³/mol. The number of likely N-dealkylation sites (N-methyl/N-ethyl adjacent to an activating group) is 1. The third-order valence-corrected chi connectivity index (χ3v) is 5.61. The van der Waals surface area contributed by atoms with Crippen LogP contribution < -0.4 is 5.32 Å². The molecule has 0 radical (unpaired) electrons. The number of nitrogens with one attached hydrogen (secondary N) is 1. The molecule has 1 N–H and O–H groups in total. The molecule has 1 aromatic carbocycles. The van der Waals surface area contributed by atoms with E-state index in [9.17, 15) is 0 Å². The van der Waals surface area contributed by atoms with Crippen molar-refractivity contribution >= 4 is 38.9 Å². The fourth-order valence-electron chi connectivity index (χ4n) is 2.01. The molecule has 102 valence electrons. The number of thiophene rings is 1. The Hall–Kier alpha value is -0.350. The van der Waals surface area contributed by atoms with Crippen molar-refractivity contribution in [1.82, 2.24) is 5.32 Å². The number of halogens is 2. The molecular formula is C15H17BrClNS. The third kappa shape index (κ3) is 4.06. The zero-order valence-corrected chi connectivity index (χ0v) is 14.2. The van der Waals surface area contributed by atoms with E-state index >= 15 is 0 Å². The Labute approximate surface area is 132 Å². The maximum atomic E-state index is 6.14. The van der Waals surface area contributed by atoms with E-state index in [-0.39, 0.29) is 0 Å². The first-order chi connectivity index (χ1) is 9.10. The average molecular weight is 359 g/mol.